The lowest BCUT2D eigenvalue weighted by molar-refractivity contribution is 0.415. The van der Waals surface area contributed by atoms with E-state index in [-0.39, 0.29) is 5.69 Å². The lowest BCUT2D eigenvalue weighted by Gasteiger charge is -2.11. The van der Waals surface area contributed by atoms with E-state index in [1.807, 2.05) is 4.72 Å². The Morgan fingerprint density at radius 3 is 2.23 bits per heavy atom. The molecule has 0 fully saturated rings. The van der Waals surface area contributed by atoms with E-state index in [4.69, 9.17) is 4.74 Å². The molecule has 0 aliphatic heterocycles. The van der Waals surface area contributed by atoms with Gasteiger partial charge in [-0.25, -0.2) is 21.6 Å². The second-order valence-corrected chi connectivity index (χ2v) is 6.58. The molecule has 2 aromatic carbocycles. The molecule has 4 nitrogen and oxygen atoms in total. The molecular weight excluding hydrogens is 387 g/mol. The molecular formula is C13H9BrF3NO3S. The molecule has 9 heteroatoms. The summed E-state index contributed by atoms with van der Waals surface area (Å²) in [6, 6.07) is 6.06. The third-order valence-corrected chi connectivity index (χ3v) is 4.81. The number of methoxy groups -OCH3 is 1. The van der Waals surface area contributed by atoms with Crippen molar-refractivity contribution in [2.45, 2.75) is 4.90 Å². The predicted octanol–water partition coefficient (Wildman–Crippen LogP) is 3.68. The van der Waals surface area contributed by atoms with Crippen LogP contribution in [0.2, 0.25) is 0 Å². The van der Waals surface area contributed by atoms with Crippen LogP contribution in [0, 0.1) is 17.5 Å². The monoisotopic (exact) mass is 395 g/mol. The van der Waals surface area contributed by atoms with Crippen molar-refractivity contribution in [3.05, 3.63) is 52.3 Å². The zero-order valence-electron chi connectivity index (χ0n) is 11.0. The number of hydrogen-bond acceptors (Lipinski definition) is 3. The number of rotatable bonds is 4. The quantitative estimate of drug-likeness (QED) is 0.634. The van der Waals surface area contributed by atoms with E-state index >= 15 is 0 Å². The van der Waals surface area contributed by atoms with Gasteiger partial charge >= 0.3 is 0 Å². The van der Waals surface area contributed by atoms with Crippen molar-refractivity contribution in [1.29, 1.82) is 0 Å². The maximum atomic E-state index is 13.7. The summed E-state index contributed by atoms with van der Waals surface area (Å²) in [6.45, 7) is 0. The summed E-state index contributed by atoms with van der Waals surface area (Å²) >= 11 is 2.49. The summed E-state index contributed by atoms with van der Waals surface area (Å²) in [5, 5.41) is 0. The largest absolute Gasteiger partial charge is 0.497 e. The van der Waals surface area contributed by atoms with E-state index in [9.17, 15) is 21.6 Å². The Kier molecular flexibility index (Phi) is 4.66. The van der Waals surface area contributed by atoms with Gasteiger partial charge in [0.15, 0.2) is 11.6 Å². The molecule has 0 unspecified atom stereocenters. The third kappa shape index (κ3) is 3.20. The standard InChI is InChI=1S/C13H9BrF3NO3S/c1-21-8-4-2-7(3-5-8)18-22(19,20)10-6-9(15)11(14)13(17)12(10)16/h2-6,18H,1H3. The van der Waals surface area contributed by atoms with Gasteiger partial charge in [0, 0.05) is 5.69 Å². The average molecular weight is 396 g/mol. The number of sulfonamides is 1. The SMILES string of the molecule is COc1ccc(NS(=O)(=O)c2cc(F)c(Br)c(F)c2F)cc1. The number of hydrogen-bond donors (Lipinski definition) is 1. The van der Waals surface area contributed by atoms with Crippen molar-refractivity contribution in [1.82, 2.24) is 0 Å². The zero-order valence-corrected chi connectivity index (χ0v) is 13.4. The topological polar surface area (TPSA) is 55.4 Å². The molecule has 0 saturated heterocycles. The number of benzene rings is 2. The number of anilines is 1. The Hall–Kier alpha value is -1.74. The van der Waals surface area contributed by atoms with Crippen molar-refractivity contribution in [3.63, 3.8) is 0 Å². The van der Waals surface area contributed by atoms with Crippen molar-refractivity contribution in [2.75, 3.05) is 11.8 Å². The Labute approximate surface area is 133 Å². The molecule has 0 radical (unpaired) electrons. The highest BCUT2D eigenvalue weighted by atomic mass is 79.9. The summed E-state index contributed by atoms with van der Waals surface area (Å²) in [5.41, 5.74) is 0.0870. The van der Waals surface area contributed by atoms with E-state index in [1.54, 1.807) is 0 Å². The maximum absolute atomic E-state index is 13.7. The molecule has 22 heavy (non-hydrogen) atoms. The first-order valence-electron chi connectivity index (χ1n) is 5.76. The number of halogens is 4. The predicted molar refractivity (Wildman–Crippen MR) is 77.8 cm³/mol. The van der Waals surface area contributed by atoms with Crippen LogP contribution in [-0.2, 0) is 10.0 Å². The van der Waals surface area contributed by atoms with Crippen LogP contribution in [0.25, 0.3) is 0 Å². The summed E-state index contributed by atoms with van der Waals surface area (Å²) in [7, 11) is -3.06. The molecule has 0 spiro atoms. The molecule has 1 N–H and O–H groups in total. The van der Waals surface area contributed by atoms with E-state index in [1.165, 1.54) is 31.4 Å². The molecule has 0 saturated carbocycles. The van der Waals surface area contributed by atoms with Gasteiger partial charge in [0.05, 0.1) is 11.6 Å². The van der Waals surface area contributed by atoms with Crippen LogP contribution < -0.4 is 9.46 Å². The van der Waals surface area contributed by atoms with Gasteiger partial charge in [-0.3, -0.25) is 4.72 Å². The summed E-state index contributed by atoms with van der Waals surface area (Å²) < 4.78 is 70.9. The fourth-order valence-electron chi connectivity index (χ4n) is 1.62. The van der Waals surface area contributed by atoms with E-state index in [0.29, 0.717) is 11.8 Å². The highest BCUT2D eigenvalue weighted by Gasteiger charge is 2.26. The molecule has 0 aliphatic rings. The molecule has 0 bridgehead atoms. The molecule has 0 amide bonds. The summed E-state index contributed by atoms with van der Waals surface area (Å²) in [5.74, 6) is -4.03. The number of ether oxygens (including phenoxy) is 1. The van der Waals surface area contributed by atoms with Gasteiger partial charge in [-0.1, -0.05) is 0 Å². The second-order valence-electron chi connectivity index (χ2n) is 4.13. The van der Waals surface area contributed by atoms with Gasteiger partial charge in [0.2, 0.25) is 0 Å². The maximum Gasteiger partial charge on any atom is 0.265 e. The van der Waals surface area contributed by atoms with Crippen LogP contribution in [0.15, 0.2) is 39.7 Å². The molecule has 0 aromatic heterocycles. The van der Waals surface area contributed by atoms with Gasteiger partial charge in [0.1, 0.15) is 16.5 Å². The first kappa shape index (κ1) is 16.6. The second kappa shape index (κ2) is 6.17. The lowest BCUT2D eigenvalue weighted by Crippen LogP contribution is -2.16. The van der Waals surface area contributed by atoms with Crippen LogP contribution >= 0.6 is 15.9 Å². The van der Waals surface area contributed by atoms with Crippen LogP contribution in [-0.4, -0.2) is 15.5 Å². The Balaban J connectivity index is 2.42. The van der Waals surface area contributed by atoms with E-state index in [0.717, 1.165) is 0 Å². The minimum Gasteiger partial charge on any atom is -0.497 e. The summed E-state index contributed by atoms with van der Waals surface area (Å²) in [6.07, 6.45) is 0. The van der Waals surface area contributed by atoms with Crippen molar-refractivity contribution < 1.29 is 26.3 Å². The van der Waals surface area contributed by atoms with E-state index in [2.05, 4.69) is 15.9 Å². The molecule has 0 aliphatic carbocycles. The van der Waals surface area contributed by atoms with Crippen molar-refractivity contribution in [2.24, 2.45) is 0 Å². The Morgan fingerprint density at radius 1 is 1.09 bits per heavy atom. The summed E-state index contributed by atoms with van der Waals surface area (Å²) in [4.78, 5) is -1.12. The highest BCUT2D eigenvalue weighted by molar-refractivity contribution is 9.10. The first-order chi connectivity index (χ1) is 10.3. The van der Waals surface area contributed by atoms with Crippen LogP contribution in [0.1, 0.15) is 0 Å². The fourth-order valence-corrected chi connectivity index (χ4v) is 3.04. The van der Waals surface area contributed by atoms with Crippen LogP contribution in [0.3, 0.4) is 0 Å². The highest BCUT2D eigenvalue weighted by Crippen LogP contribution is 2.28. The van der Waals surface area contributed by atoms with E-state index < -0.39 is 36.8 Å². The van der Waals surface area contributed by atoms with Gasteiger partial charge in [0.25, 0.3) is 10.0 Å². The Morgan fingerprint density at radius 2 is 1.68 bits per heavy atom. The smallest absolute Gasteiger partial charge is 0.265 e. The van der Waals surface area contributed by atoms with Gasteiger partial charge in [-0.05, 0) is 46.3 Å². The van der Waals surface area contributed by atoms with Gasteiger partial charge < -0.3 is 4.74 Å². The minimum atomic E-state index is -4.49. The fraction of sp³-hybridized carbons (Fsp3) is 0.0769. The number of nitrogens with one attached hydrogen (secondary N) is 1. The van der Waals surface area contributed by atoms with Gasteiger partial charge in [-0.15, -0.1) is 0 Å². The minimum absolute atomic E-state index is 0.0870. The van der Waals surface area contributed by atoms with Crippen LogP contribution in [0.5, 0.6) is 5.75 Å². The molecule has 0 heterocycles. The van der Waals surface area contributed by atoms with Gasteiger partial charge in [-0.2, -0.15) is 0 Å². The first-order valence-corrected chi connectivity index (χ1v) is 8.03. The van der Waals surface area contributed by atoms with Crippen molar-refractivity contribution >= 4 is 31.6 Å². The zero-order chi connectivity index (χ0) is 16.5. The normalized spacial score (nSPS) is 11.3. The Bertz CT molecular complexity index is 810. The molecule has 118 valence electrons. The average Bonchev–Trinajstić information content (AvgIpc) is 2.49. The lowest BCUT2D eigenvalue weighted by atomic mass is 10.3. The molecule has 2 rings (SSSR count). The molecule has 0 atom stereocenters. The van der Waals surface area contributed by atoms with Crippen molar-refractivity contribution in [3.8, 4) is 5.75 Å². The van der Waals surface area contributed by atoms with Crippen LogP contribution in [0.4, 0.5) is 18.9 Å². The third-order valence-electron chi connectivity index (χ3n) is 2.70. The molecule has 2 aromatic rings.